The molecule has 1 aliphatic rings. The van der Waals surface area contributed by atoms with Gasteiger partial charge in [-0.2, -0.15) is 18.3 Å². The van der Waals surface area contributed by atoms with Crippen molar-refractivity contribution < 1.29 is 31.1 Å². The Labute approximate surface area is 222 Å². The Balaban J connectivity index is 1.68. The van der Waals surface area contributed by atoms with Gasteiger partial charge in [0.15, 0.2) is 5.65 Å². The van der Waals surface area contributed by atoms with Gasteiger partial charge in [-0.3, -0.25) is 4.79 Å². The number of hydrogen-bond donors (Lipinski definition) is 1. The second-order valence-corrected chi connectivity index (χ2v) is 10.9. The number of nitrogens with one attached hydrogen (secondary N) is 1. The first-order chi connectivity index (χ1) is 18.4. The summed E-state index contributed by atoms with van der Waals surface area (Å²) in [5.74, 6) is -0.972. The van der Waals surface area contributed by atoms with Gasteiger partial charge in [-0.1, -0.05) is 18.2 Å². The van der Waals surface area contributed by atoms with E-state index in [0.717, 1.165) is 37.2 Å². The molecule has 39 heavy (non-hydrogen) atoms. The second kappa shape index (κ2) is 9.97. The first-order valence-corrected chi connectivity index (χ1v) is 13.8. The number of morpholine rings is 1. The highest BCUT2D eigenvalue weighted by molar-refractivity contribution is 7.89. The van der Waals surface area contributed by atoms with E-state index in [1.807, 2.05) is 29.0 Å². The summed E-state index contributed by atoms with van der Waals surface area (Å²) in [6.07, 6.45) is -3.74. The zero-order chi connectivity index (χ0) is 27.9. The summed E-state index contributed by atoms with van der Waals surface area (Å²) in [6.45, 7) is 4.43. The molecule has 0 radical (unpaired) electrons. The molecule has 2 aromatic heterocycles. The maximum atomic E-state index is 13.4. The van der Waals surface area contributed by atoms with Gasteiger partial charge in [0.2, 0.25) is 10.0 Å². The molecule has 1 N–H and O–H groups in total. The van der Waals surface area contributed by atoms with E-state index in [1.165, 1.54) is 22.9 Å². The molecule has 1 fully saturated rings. The number of carbonyl (C=O) groups excluding carboxylic acids is 1. The number of rotatable bonds is 5. The molecule has 4 aromatic rings. The van der Waals surface area contributed by atoms with E-state index in [0.29, 0.717) is 35.4 Å². The highest BCUT2D eigenvalue weighted by Crippen LogP contribution is 2.35. The summed E-state index contributed by atoms with van der Waals surface area (Å²) >= 11 is 0. The van der Waals surface area contributed by atoms with E-state index in [1.54, 1.807) is 6.92 Å². The minimum Gasteiger partial charge on any atom is -0.378 e. The molecular weight excluding hydrogens is 535 g/mol. The van der Waals surface area contributed by atoms with Gasteiger partial charge in [-0.25, -0.2) is 22.8 Å². The molecule has 0 unspecified atom stereocenters. The molecule has 1 amide bonds. The van der Waals surface area contributed by atoms with Gasteiger partial charge in [0.25, 0.3) is 5.91 Å². The van der Waals surface area contributed by atoms with E-state index in [-0.39, 0.29) is 17.0 Å². The third-order valence-corrected chi connectivity index (χ3v) is 6.85. The van der Waals surface area contributed by atoms with Crippen molar-refractivity contribution in [3.05, 3.63) is 71.5 Å². The number of pyridine rings is 1. The number of aromatic nitrogens is 3. The number of ether oxygens (including phenoxy) is 1. The quantitative estimate of drug-likeness (QED) is 0.395. The smallest absolute Gasteiger partial charge is 0.378 e. The summed E-state index contributed by atoms with van der Waals surface area (Å²) < 4.78 is 72.3. The van der Waals surface area contributed by atoms with Crippen molar-refractivity contribution in [3.8, 4) is 16.8 Å². The summed E-state index contributed by atoms with van der Waals surface area (Å²) in [7, 11) is -3.90. The van der Waals surface area contributed by atoms with Crippen molar-refractivity contribution in [2.24, 2.45) is 0 Å². The van der Waals surface area contributed by atoms with E-state index in [4.69, 9.17) is 4.74 Å². The highest BCUT2D eigenvalue weighted by atomic mass is 32.2. The van der Waals surface area contributed by atoms with Gasteiger partial charge in [-0.15, -0.1) is 0 Å². The van der Waals surface area contributed by atoms with Crippen molar-refractivity contribution in [1.29, 1.82) is 0 Å². The molecule has 204 valence electrons. The highest BCUT2D eigenvalue weighted by Gasteiger charge is 2.31. The number of carbonyl (C=O) groups is 1. The monoisotopic (exact) mass is 559 g/mol. The Bertz CT molecular complexity index is 1660. The average Bonchev–Trinajstić information content (AvgIpc) is 3.24. The number of aryl methyl sites for hydroxylation is 1. The van der Waals surface area contributed by atoms with Gasteiger partial charge in [-0.05, 0) is 54.4 Å². The topological polar surface area (TPSA) is 106 Å². The minimum absolute atomic E-state index is 0.0877. The van der Waals surface area contributed by atoms with Crippen molar-refractivity contribution in [2.45, 2.75) is 13.1 Å². The first kappa shape index (κ1) is 26.6. The van der Waals surface area contributed by atoms with Crippen LogP contribution in [0.5, 0.6) is 0 Å². The Morgan fingerprint density at radius 1 is 1.03 bits per heavy atom. The molecule has 5 rings (SSSR count). The molecule has 1 aliphatic heterocycles. The lowest BCUT2D eigenvalue weighted by atomic mass is 10.0. The van der Waals surface area contributed by atoms with E-state index in [2.05, 4.69) is 15.0 Å². The van der Waals surface area contributed by atoms with Crippen LogP contribution in [0.1, 0.15) is 21.7 Å². The lowest BCUT2D eigenvalue weighted by molar-refractivity contribution is -0.137. The Morgan fingerprint density at radius 2 is 1.72 bits per heavy atom. The maximum absolute atomic E-state index is 13.4. The van der Waals surface area contributed by atoms with E-state index < -0.39 is 27.7 Å². The van der Waals surface area contributed by atoms with Crippen LogP contribution in [0.3, 0.4) is 0 Å². The van der Waals surface area contributed by atoms with Gasteiger partial charge in [0, 0.05) is 18.8 Å². The Hall–Kier alpha value is -3.97. The normalized spacial score (nSPS) is 14.5. The average molecular weight is 560 g/mol. The number of hydrogen-bond acceptors (Lipinski definition) is 7. The number of alkyl halides is 3. The number of nitrogens with zero attached hydrogens (tertiary/aromatic N) is 4. The lowest BCUT2D eigenvalue weighted by Crippen LogP contribution is -2.36. The van der Waals surface area contributed by atoms with Crippen LogP contribution in [0.4, 0.5) is 18.9 Å². The summed E-state index contributed by atoms with van der Waals surface area (Å²) in [5.41, 5.74) is 1.78. The number of fused-ring (bicyclic) bond motifs is 1. The van der Waals surface area contributed by atoms with Crippen molar-refractivity contribution in [1.82, 2.24) is 19.5 Å². The molecule has 13 heteroatoms. The summed E-state index contributed by atoms with van der Waals surface area (Å²) in [5, 5.41) is 4.97. The fourth-order valence-electron chi connectivity index (χ4n) is 4.52. The van der Waals surface area contributed by atoms with Crippen molar-refractivity contribution >= 4 is 32.7 Å². The second-order valence-electron chi connectivity index (χ2n) is 9.15. The summed E-state index contributed by atoms with van der Waals surface area (Å²) in [4.78, 5) is 19.4. The van der Waals surface area contributed by atoms with Crippen LogP contribution in [0.15, 0.2) is 54.6 Å². The molecule has 2 aromatic carbocycles. The van der Waals surface area contributed by atoms with Crippen LogP contribution in [0.2, 0.25) is 0 Å². The van der Waals surface area contributed by atoms with Gasteiger partial charge < -0.3 is 9.64 Å². The van der Waals surface area contributed by atoms with Crippen LogP contribution in [0, 0.1) is 6.92 Å². The lowest BCUT2D eigenvalue weighted by Gasteiger charge is -2.29. The predicted molar refractivity (Wildman–Crippen MR) is 139 cm³/mol. The van der Waals surface area contributed by atoms with E-state index >= 15 is 0 Å². The molecule has 0 spiro atoms. The first-order valence-electron chi connectivity index (χ1n) is 11.9. The SMILES string of the molecule is Cc1nn(-c2cccc(C(F)(F)F)c2)c2nc(C(=O)NS(C)(=O)=O)cc(-c3ccc(N4CCOCC4)cc3)c12. The molecular formula is C26H24F3N5O4S. The molecule has 0 saturated carbocycles. The molecule has 3 heterocycles. The number of benzene rings is 2. The number of halogens is 3. The Kier molecular flexibility index (Phi) is 6.81. The summed E-state index contributed by atoms with van der Waals surface area (Å²) in [6, 6.07) is 13.6. The number of sulfonamides is 1. The van der Waals surface area contributed by atoms with Crippen LogP contribution in [-0.4, -0.2) is 61.6 Å². The molecule has 0 atom stereocenters. The Morgan fingerprint density at radius 3 is 2.36 bits per heavy atom. The van der Waals surface area contributed by atoms with Crippen LogP contribution >= 0.6 is 0 Å². The minimum atomic E-state index is -4.57. The molecule has 0 aliphatic carbocycles. The van der Waals surface area contributed by atoms with Gasteiger partial charge in [0.05, 0.1) is 41.8 Å². The standard InChI is InChI=1S/C26H24F3N5O4S/c1-16-23-21(17-6-8-19(9-7-17)33-10-12-38-13-11-33)15-22(25(35)32-39(2,36)37)30-24(23)34(31-16)20-5-3-4-18(14-20)26(27,28)29/h3-9,14-15H,10-13H2,1-2H3,(H,32,35). The van der Waals surface area contributed by atoms with Crippen molar-refractivity contribution in [2.75, 3.05) is 37.5 Å². The van der Waals surface area contributed by atoms with Crippen LogP contribution < -0.4 is 9.62 Å². The molecule has 9 nitrogen and oxygen atoms in total. The van der Waals surface area contributed by atoms with E-state index in [9.17, 15) is 26.4 Å². The third-order valence-electron chi connectivity index (χ3n) is 6.30. The number of anilines is 1. The number of amides is 1. The zero-order valence-corrected chi connectivity index (χ0v) is 21.8. The van der Waals surface area contributed by atoms with Crippen LogP contribution in [0.25, 0.3) is 27.8 Å². The fourth-order valence-corrected chi connectivity index (χ4v) is 4.96. The molecule has 0 bridgehead atoms. The van der Waals surface area contributed by atoms with Crippen LogP contribution in [-0.2, 0) is 20.9 Å². The zero-order valence-electron chi connectivity index (χ0n) is 21.0. The largest absolute Gasteiger partial charge is 0.416 e. The third kappa shape index (κ3) is 5.59. The van der Waals surface area contributed by atoms with Gasteiger partial charge in [0.1, 0.15) is 5.69 Å². The maximum Gasteiger partial charge on any atom is 0.416 e. The predicted octanol–water partition coefficient (Wildman–Crippen LogP) is 3.94. The molecule has 1 saturated heterocycles. The van der Waals surface area contributed by atoms with Crippen molar-refractivity contribution in [3.63, 3.8) is 0 Å². The van der Waals surface area contributed by atoms with Gasteiger partial charge >= 0.3 is 6.18 Å². The fraction of sp³-hybridized carbons (Fsp3) is 0.269.